The first-order valence-electron chi connectivity index (χ1n) is 9.70. The van der Waals surface area contributed by atoms with Gasteiger partial charge in [0.2, 0.25) is 0 Å². The molecule has 0 spiro atoms. The van der Waals surface area contributed by atoms with E-state index in [-0.39, 0.29) is 29.0 Å². The lowest BCUT2D eigenvalue weighted by Crippen LogP contribution is -2.32. The zero-order valence-corrected chi connectivity index (χ0v) is 17.8. The maximum atomic E-state index is 12.6. The lowest BCUT2D eigenvalue weighted by molar-refractivity contribution is -0.384. The van der Waals surface area contributed by atoms with E-state index in [0.29, 0.717) is 22.8 Å². The maximum Gasteiger partial charge on any atom is 0.293 e. The van der Waals surface area contributed by atoms with Crippen LogP contribution in [0.5, 0.6) is 5.75 Å². The Morgan fingerprint density at radius 3 is 2.66 bits per heavy atom. The van der Waals surface area contributed by atoms with Gasteiger partial charge in [-0.05, 0) is 43.0 Å². The highest BCUT2D eigenvalue weighted by Gasteiger charge is 2.35. The topological polar surface area (TPSA) is 103 Å². The van der Waals surface area contributed by atoms with E-state index >= 15 is 0 Å². The van der Waals surface area contributed by atoms with Crippen molar-refractivity contribution in [2.24, 2.45) is 0 Å². The molecule has 0 N–H and O–H groups in total. The summed E-state index contributed by atoms with van der Waals surface area (Å²) in [5.41, 5.74) is 1.61. The number of hydrogen-bond acceptors (Lipinski definition) is 7. The molecule has 0 aliphatic carbocycles. The second kappa shape index (κ2) is 9.11. The highest BCUT2D eigenvalue weighted by atomic mass is 32.2. The molecule has 0 atom stereocenters. The summed E-state index contributed by atoms with van der Waals surface area (Å²) in [6.07, 6.45) is 1.49. The molecule has 2 heterocycles. The van der Waals surface area contributed by atoms with Crippen LogP contribution >= 0.6 is 11.8 Å². The second-order valence-corrected chi connectivity index (χ2v) is 8.00. The quantitative estimate of drug-likeness (QED) is 0.274. The van der Waals surface area contributed by atoms with Crippen LogP contribution in [-0.2, 0) is 4.79 Å². The zero-order chi connectivity index (χ0) is 22.7. The number of carbonyl (C=O) groups is 2. The molecule has 32 heavy (non-hydrogen) atoms. The largest absolute Gasteiger partial charge is 0.492 e. The third kappa shape index (κ3) is 4.73. The van der Waals surface area contributed by atoms with Crippen molar-refractivity contribution in [2.75, 3.05) is 13.2 Å². The molecule has 4 rings (SSSR count). The van der Waals surface area contributed by atoms with Gasteiger partial charge in [0.1, 0.15) is 23.9 Å². The standard InChI is InChI=1S/C23H18N2O6S/c1-15-5-7-18(8-6-15)30-12-11-24-22(26)21(32-23(24)27)14-19-9-10-20(31-19)16-3-2-4-17(13-16)25(28)29/h2-10,13-14H,11-12H2,1H3/b21-14-. The van der Waals surface area contributed by atoms with E-state index in [0.717, 1.165) is 22.2 Å². The number of ether oxygens (including phenoxy) is 1. The van der Waals surface area contributed by atoms with Crippen molar-refractivity contribution in [1.82, 2.24) is 4.90 Å². The molecule has 8 nitrogen and oxygen atoms in total. The molecule has 3 aromatic rings. The molecule has 1 fully saturated rings. The number of thioether (sulfide) groups is 1. The molecule has 0 radical (unpaired) electrons. The van der Waals surface area contributed by atoms with E-state index in [1.54, 1.807) is 24.3 Å². The van der Waals surface area contributed by atoms with Crippen LogP contribution in [0, 0.1) is 17.0 Å². The molecule has 1 saturated heterocycles. The van der Waals surface area contributed by atoms with Crippen LogP contribution in [0.25, 0.3) is 17.4 Å². The minimum absolute atomic E-state index is 0.0468. The van der Waals surface area contributed by atoms with E-state index in [4.69, 9.17) is 9.15 Å². The Kier molecular flexibility index (Phi) is 6.09. The van der Waals surface area contributed by atoms with Gasteiger partial charge in [-0.15, -0.1) is 0 Å². The zero-order valence-electron chi connectivity index (χ0n) is 17.0. The first kappa shape index (κ1) is 21.4. The van der Waals surface area contributed by atoms with Crippen LogP contribution in [-0.4, -0.2) is 34.1 Å². The number of non-ortho nitro benzene ring substituents is 1. The van der Waals surface area contributed by atoms with Crippen molar-refractivity contribution >= 4 is 34.7 Å². The Bertz CT molecular complexity index is 1220. The highest BCUT2D eigenvalue weighted by molar-refractivity contribution is 8.18. The predicted octanol–water partition coefficient (Wildman–Crippen LogP) is 5.28. The van der Waals surface area contributed by atoms with Crippen molar-refractivity contribution in [3.8, 4) is 17.1 Å². The van der Waals surface area contributed by atoms with E-state index in [1.165, 1.54) is 18.2 Å². The number of hydrogen-bond donors (Lipinski definition) is 0. The van der Waals surface area contributed by atoms with Gasteiger partial charge < -0.3 is 9.15 Å². The average Bonchev–Trinajstić information content (AvgIpc) is 3.35. The average molecular weight is 450 g/mol. The highest BCUT2D eigenvalue weighted by Crippen LogP contribution is 2.33. The molecule has 0 saturated carbocycles. The van der Waals surface area contributed by atoms with Crippen molar-refractivity contribution in [2.45, 2.75) is 6.92 Å². The van der Waals surface area contributed by atoms with Crippen molar-refractivity contribution in [3.05, 3.63) is 87.0 Å². The van der Waals surface area contributed by atoms with Gasteiger partial charge in [-0.2, -0.15) is 0 Å². The van der Waals surface area contributed by atoms with Crippen LogP contribution in [0.3, 0.4) is 0 Å². The Labute approximate surface area is 187 Å². The summed E-state index contributed by atoms with van der Waals surface area (Å²) in [4.78, 5) is 36.8. The van der Waals surface area contributed by atoms with Gasteiger partial charge >= 0.3 is 0 Å². The fourth-order valence-electron chi connectivity index (χ4n) is 3.07. The van der Waals surface area contributed by atoms with Gasteiger partial charge in [0.05, 0.1) is 16.4 Å². The Morgan fingerprint density at radius 1 is 1.12 bits per heavy atom. The maximum absolute atomic E-state index is 12.6. The van der Waals surface area contributed by atoms with Crippen LogP contribution in [0.2, 0.25) is 0 Å². The molecule has 0 bridgehead atoms. The molecule has 2 amide bonds. The summed E-state index contributed by atoms with van der Waals surface area (Å²) in [7, 11) is 0. The Morgan fingerprint density at radius 2 is 1.91 bits per heavy atom. The van der Waals surface area contributed by atoms with Crippen molar-refractivity contribution < 1.29 is 23.7 Å². The first-order chi connectivity index (χ1) is 15.4. The summed E-state index contributed by atoms with van der Waals surface area (Å²) in [6, 6.07) is 16.9. The normalized spacial score (nSPS) is 14.9. The van der Waals surface area contributed by atoms with Gasteiger partial charge in [-0.25, -0.2) is 0 Å². The fraction of sp³-hybridized carbons (Fsp3) is 0.130. The molecule has 9 heteroatoms. The van der Waals surface area contributed by atoms with Crippen LogP contribution in [0.4, 0.5) is 10.5 Å². The lowest BCUT2D eigenvalue weighted by atomic mass is 10.1. The van der Waals surface area contributed by atoms with Gasteiger partial charge in [0, 0.05) is 23.8 Å². The Hall–Kier alpha value is -3.85. The van der Waals surface area contributed by atoms with Crippen LogP contribution in [0.15, 0.2) is 70.0 Å². The summed E-state index contributed by atoms with van der Waals surface area (Å²) in [6.45, 7) is 2.29. The number of nitro groups is 1. The van der Waals surface area contributed by atoms with Gasteiger partial charge in [-0.1, -0.05) is 29.8 Å². The molecule has 1 aliphatic heterocycles. The molecular weight excluding hydrogens is 432 g/mol. The third-order valence-corrected chi connectivity index (χ3v) is 5.63. The third-order valence-electron chi connectivity index (χ3n) is 4.72. The Balaban J connectivity index is 1.42. The molecule has 2 aromatic carbocycles. The number of carbonyl (C=O) groups excluding carboxylic acids is 2. The number of benzene rings is 2. The van der Waals surface area contributed by atoms with E-state index in [1.807, 2.05) is 31.2 Å². The minimum atomic E-state index is -0.480. The first-order valence-corrected chi connectivity index (χ1v) is 10.5. The molecule has 1 aromatic heterocycles. The van der Waals surface area contributed by atoms with Crippen molar-refractivity contribution in [3.63, 3.8) is 0 Å². The van der Waals surface area contributed by atoms with E-state index in [9.17, 15) is 19.7 Å². The number of amides is 2. The molecule has 162 valence electrons. The minimum Gasteiger partial charge on any atom is -0.492 e. The summed E-state index contributed by atoms with van der Waals surface area (Å²) < 4.78 is 11.3. The molecular formula is C23H18N2O6S. The van der Waals surface area contributed by atoms with Gasteiger partial charge in [0.15, 0.2) is 0 Å². The lowest BCUT2D eigenvalue weighted by Gasteiger charge is -2.13. The van der Waals surface area contributed by atoms with E-state index in [2.05, 4.69) is 0 Å². The number of nitrogens with zero attached hydrogens (tertiary/aromatic N) is 2. The fourth-order valence-corrected chi connectivity index (χ4v) is 3.91. The second-order valence-electron chi connectivity index (χ2n) is 7.00. The number of imide groups is 1. The number of aryl methyl sites for hydroxylation is 1. The van der Waals surface area contributed by atoms with Crippen LogP contribution in [0.1, 0.15) is 11.3 Å². The summed E-state index contributed by atoms with van der Waals surface area (Å²) in [5.74, 6) is 1.04. The van der Waals surface area contributed by atoms with Gasteiger partial charge in [-0.3, -0.25) is 24.6 Å². The smallest absolute Gasteiger partial charge is 0.293 e. The van der Waals surface area contributed by atoms with Crippen molar-refractivity contribution in [1.29, 1.82) is 0 Å². The van der Waals surface area contributed by atoms with Gasteiger partial charge in [0.25, 0.3) is 16.8 Å². The number of furan rings is 1. The summed E-state index contributed by atoms with van der Waals surface area (Å²) in [5, 5.41) is 10.6. The molecule has 1 aliphatic rings. The SMILES string of the molecule is Cc1ccc(OCCN2C(=O)S/C(=C\c3ccc(-c4cccc([N+](=O)[O-])c4)o3)C2=O)cc1. The number of rotatable bonds is 7. The summed E-state index contributed by atoms with van der Waals surface area (Å²) >= 11 is 0.830. The number of nitro benzene ring substituents is 1. The van der Waals surface area contributed by atoms with E-state index < -0.39 is 10.8 Å². The monoisotopic (exact) mass is 450 g/mol. The predicted molar refractivity (Wildman–Crippen MR) is 120 cm³/mol. The molecule has 0 unspecified atom stereocenters. The van der Waals surface area contributed by atoms with Crippen LogP contribution < -0.4 is 4.74 Å².